The fourth-order valence-corrected chi connectivity index (χ4v) is 1.72. The fraction of sp³-hybridized carbons (Fsp3) is 0.500. The molecule has 0 aliphatic heterocycles. The van der Waals surface area contributed by atoms with Gasteiger partial charge in [0.05, 0.1) is 0 Å². The second-order valence-corrected chi connectivity index (χ2v) is 4.92. The van der Waals surface area contributed by atoms with Crippen molar-refractivity contribution < 1.29 is 16.2 Å². The van der Waals surface area contributed by atoms with E-state index in [0.29, 0.717) is 0 Å². The summed E-state index contributed by atoms with van der Waals surface area (Å²) in [5.41, 5.74) is 0. The van der Waals surface area contributed by atoms with Crippen molar-refractivity contribution in [2.75, 3.05) is 0 Å². The van der Waals surface area contributed by atoms with Gasteiger partial charge >= 0.3 is 10.5 Å². The maximum Gasteiger partial charge on any atom is 0.427 e. The van der Waals surface area contributed by atoms with E-state index >= 15 is 0 Å². The number of halogens is 1. The highest BCUT2D eigenvalue weighted by Crippen LogP contribution is 1.96. The van der Waals surface area contributed by atoms with Crippen molar-refractivity contribution in [1.29, 1.82) is 0 Å². The lowest BCUT2D eigenvalue weighted by Gasteiger charge is -1.95. The largest absolute Gasteiger partial charge is 0.427 e. The standard InChI is InChI=1S/C4H9FO3SSi/c1-3-4(2)10-8-9(5,6)7/h3H,10H2,1-2H3. The van der Waals surface area contributed by atoms with Crippen LogP contribution in [0.1, 0.15) is 13.8 Å². The topological polar surface area (TPSA) is 43.4 Å². The smallest absolute Gasteiger partial charge is 0.293 e. The quantitative estimate of drug-likeness (QED) is 0.465. The highest BCUT2D eigenvalue weighted by molar-refractivity contribution is 7.82. The molecule has 0 bridgehead atoms. The molecular weight excluding hydrogens is 175 g/mol. The molecule has 0 atom stereocenters. The Balaban J connectivity index is 3.79. The molecule has 0 saturated carbocycles. The fourth-order valence-electron chi connectivity index (χ4n) is 0.247. The van der Waals surface area contributed by atoms with Crippen LogP contribution < -0.4 is 0 Å². The van der Waals surface area contributed by atoms with E-state index in [1.165, 1.54) is 0 Å². The summed E-state index contributed by atoms with van der Waals surface area (Å²) in [7, 11) is -6.08. The monoisotopic (exact) mass is 184 g/mol. The second-order valence-electron chi connectivity index (χ2n) is 1.79. The van der Waals surface area contributed by atoms with Crippen molar-refractivity contribution in [2.24, 2.45) is 0 Å². The van der Waals surface area contributed by atoms with Crippen molar-refractivity contribution in [3.8, 4) is 0 Å². The number of rotatable bonds is 3. The lowest BCUT2D eigenvalue weighted by atomic mass is 10.6. The van der Waals surface area contributed by atoms with Crippen LogP contribution in [0.2, 0.25) is 0 Å². The Morgan fingerprint density at radius 1 is 1.70 bits per heavy atom. The maximum absolute atomic E-state index is 11.6. The molecule has 0 amide bonds. The average Bonchev–Trinajstić information content (AvgIpc) is 1.81. The molecule has 0 rings (SSSR count). The van der Waals surface area contributed by atoms with Crippen molar-refractivity contribution in [2.45, 2.75) is 13.8 Å². The molecule has 60 valence electrons. The van der Waals surface area contributed by atoms with Gasteiger partial charge in [-0.15, -0.1) is 0 Å². The minimum Gasteiger partial charge on any atom is -0.293 e. The summed E-state index contributed by atoms with van der Waals surface area (Å²) in [6.45, 7) is 3.45. The van der Waals surface area contributed by atoms with Gasteiger partial charge in [0.2, 0.25) is 9.76 Å². The Morgan fingerprint density at radius 3 is 2.50 bits per heavy atom. The number of hydrogen-bond donors (Lipinski definition) is 0. The van der Waals surface area contributed by atoms with Gasteiger partial charge in [-0.1, -0.05) is 15.2 Å². The van der Waals surface area contributed by atoms with Crippen molar-refractivity contribution in [1.82, 2.24) is 0 Å². The Hall–Kier alpha value is -0.203. The molecule has 0 aromatic rings. The molecular formula is C4H9FO3SSi. The van der Waals surface area contributed by atoms with E-state index in [0.717, 1.165) is 5.20 Å². The average molecular weight is 184 g/mol. The minimum absolute atomic E-state index is 0.807. The summed E-state index contributed by atoms with van der Waals surface area (Å²) in [6, 6.07) is 0. The van der Waals surface area contributed by atoms with Gasteiger partial charge in [0, 0.05) is 0 Å². The third-order valence-electron chi connectivity index (χ3n) is 0.920. The molecule has 0 aliphatic rings. The Kier molecular flexibility index (Phi) is 3.76. The van der Waals surface area contributed by atoms with Gasteiger partial charge in [0.25, 0.3) is 0 Å². The van der Waals surface area contributed by atoms with Crippen LogP contribution in [0.15, 0.2) is 11.3 Å². The molecule has 0 N–H and O–H groups in total. The van der Waals surface area contributed by atoms with Crippen molar-refractivity contribution in [3.63, 3.8) is 0 Å². The van der Waals surface area contributed by atoms with Gasteiger partial charge < -0.3 is 0 Å². The third-order valence-corrected chi connectivity index (χ3v) is 3.38. The maximum atomic E-state index is 11.6. The third kappa shape index (κ3) is 5.93. The van der Waals surface area contributed by atoms with E-state index in [-0.39, 0.29) is 0 Å². The molecule has 0 aromatic carbocycles. The van der Waals surface area contributed by atoms with Gasteiger partial charge in [-0.05, 0) is 13.8 Å². The first-order valence-electron chi connectivity index (χ1n) is 2.66. The second kappa shape index (κ2) is 3.84. The van der Waals surface area contributed by atoms with E-state index in [1.54, 1.807) is 19.9 Å². The Bertz CT molecular complexity index is 221. The first kappa shape index (κ1) is 9.80. The predicted octanol–water partition coefficient (Wildman–Crippen LogP) is 0.225. The highest BCUT2D eigenvalue weighted by atomic mass is 32.3. The van der Waals surface area contributed by atoms with E-state index < -0.39 is 20.3 Å². The molecule has 0 radical (unpaired) electrons. The molecule has 0 unspecified atom stereocenters. The van der Waals surface area contributed by atoms with Gasteiger partial charge in [-0.2, -0.15) is 8.42 Å². The van der Waals surface area contributed by atoms with Crippen molar-refractivity contribution in [3.05, 3.63) is 11.3 Å². The van der Waals surface area contributed by atoms with E-state index in [9.17, 15) is 12.3 Å². The molecule has 6 heteroatoms. The van der Waals surface area contributed by atoms with Gasteiger partial charge in [-0.25, -0.2) is 0 Å². The van der Waals surface area contributed by atoms with Crippen LogP contribution in [0, 0.1) is 0 Å². The van der Waals surface area contributed by atoms with Crippen LogP contribution in [0.4, 0.5) is 3.89 Å². The first-order chi connectivity index (χ1) is 4.45. The molecule has 0 aliphatic carbocycles. The van der Waals surface area contributed by atoms with Crippen LogP contribution in [0.3, 0.4) is 0 Å². The molecule has 0 fully saturated rings. The predicted molar refractivity (Wildman–Crippen MR) is 39.1 cm³/mol. The lowest BCUT2D eigenvalue weighted by molar-refractivity contribution is 0.453. The summed E-state index contributed by atoms with van der Waals surface area (Å²) in [6.07, 6.45) is 1.71. The summed E-state index contributed by atoms with van der Waals surface area (Å²) >= 11 is 0. The van der Waals surface area contributed by atoms with E-state index in [4.69, 9.17) is 0 Å². The van der Waals surface area contributed by atoms with Crippen LogP contribution in [-0.2, 0) is 14.4 Å². The van der Waals surface area contributed by atoms with Crippen LogP contribution >= 0.6 is 0 Å². The van der Waals surface area contributed by atoms with Crippen molar-refractivity contribution >= 4 is 20.3 Å². The minimum atomic E-state index is -4.71. The molecule has 0 saturated heterocycles. The first-order valence-corrected chi connectivity index (χ1v) is 5.26. The van der Waals surface area contributed by atoms with Crippen LogP contribution in [-0.4, -0.2) is 18.2 Å². The zero-order valence-electron chi connectivity index (χ0n) is 5.80. The van der Waals surface area contributed by atoms with Crippen LogP contribution in [0.25, 0.3) is 0 Å². The lowest BCUT2D eigenvalue weighted by Crippen LogP contribution is -2.04. The normalized spacial score (nSPS) is 14.9. The van der Waals surface area contributed by atoms with Crippen LogP contribution in [0.5, 0.6) is 0 Å². The number of allylic oxidation sites excluding steroid dienone is 2. The zero-order valence-corrected chi connectivity index (χ0v) is 8.03. The van der Waals surface area contributed by atoms with E-state index in [2.05, 4.69) is 3.87 Å². The summed E-state index contributed by atoms with van der Waals surface area (Å²) in [5.74, 6) is 0. The SMILES string of the molecule is CC=C(C)[SiH2]OS(=O)(=O)F. The molecule has 0 heterocycles. The molecule has 0 aromatic heterocycles. The zero-order chi connectivity index (χ0) is 8.20. The highest BCUT2D eigenvalue weighted by Gasteiger charge is 2.05. The molecule has 10 heavy (non-hydrogen) atoms. The summed E-state index contributed by atoms with van der Waals surface area (Å²) in [5, 5.41) is 0.807. The van der Waals surface area contributed by atoms with E-state index in [1.807, 2.05) is 0 Å². The van der Waals surface area contributed by atoms with Gasteiger partial charge in [-0.3, -0.25) is 3.87 Å². The van der Waals surface area contributed by atoms with Gasteiger partial charge in [0.15, 0.2) is 0 Å². The number of hydrogen-bond acceptors (Lipinski definition) is 3. The molecule has 3 nitrogen and oxygen atoms in total. The Labute approximate surface area is 62.3 Å². The summed E-state index contributed by atoms with van der Waals surface area (Å²) in [4.78, 5) is 0. The summed E-state index contributed by atoms with van der Waals surface area (Å²) < 4.78 is 35.1. The molecule has 0 spiro atoms. The Morgan fingerprint density at radius 2 is 2.20 bits per heavy atom. The van der Waals surface area contributed by atoms with Gasteiger partial charge in [0.1, 0.15) is 0 Å².